The summed E-state index contributed by atoms with van der Waals surface area (Å²) in [6.07, 6.45) is 3.59. The van der Waals surface area contributed by atoms with Crippen molar-refractivity contribution in [3.63, 3.8) is 0 Å². The number of H-pyrrole nitrogens is 1. The molecule has 1 saturated heterocycles. The van der Waals surface area contributed by atoms with E-state index in [1.165, 1.54) is 6.33 Å². The molecule has 1 atom stereocenters. The Balaban J connectivity index is 1.50. The Morgan fingerprint density at radius 1 is 1.37 bits per heavy atom. The molecule has 27 heavy (non-hydrogen) atoms. The topological polar surface area (TPSA) is 75.0 Å². The van der Waals surface area contributed by atoms with Crippen LogP contribution in [0.25, 0.3) is 11.5 Å². The van der Waals surface area contributed by atoms with Gasteiger partial charge in [-0.2, -0.15) is 0 Å². The zero-order chi connectivity index (χ0) is 18.8. The van der Waals surface area contributed by atoms with Gasteiger partial charge in [-0.1, -0.05) is 17.7 Å². The second kappa shape index (κ2) is 7.66. The Bertz CT molecular complexity index is 997. The summed E-state index contributed by atoms with van der Waals surface area (Å²) in [4.78, 5) is 25.5. The molecule has 0 bridgehead atoms. The quantitative estimate of drug-likeness (QED) is 0.741. The van der Waals surface area contributed by atoms with E-state index in [-0.39, 0.29) is 11.5 Å². The van der Waals surface area contributed by atoms with E-state index in [9.17, 15) is 4.79 Å². The normalized spacial score (nSPS) is 17.9. The van der Waals surface area contributed by atoms with Gasteiger partial charge in [-0.25, -0.2) is 9.97 Å². The van der Waals surface area contributed by atoms with Gasteiger partial charge in [0.05, 0.1) is 17.7 Å². The van der Waals surface area contributed by atoms with Gasteiger partial charge < -0.3 is 9.40 Å². The number of halogens is 1. The minimum Gasteiger partial charge on any atom is -0.441 e. The fourth-order valence-corrected chi connectivity index (χ4v) is 3.77. The van der Waals surface area contributed by atoms with E-state index in [0.717, 1.165) is 55.2 Å². The van der Waals surface area contributed by atoms with Gasteiger partial charge in [0.2, 0.25) is 5.89 Å². The molecule has 0 amide bonds. The Morgan fingerprint density at radius 2 is 2.26 bits per heavy atom. The molecule has 1 aliphatic heterocycles. The Labute approximate surface area is 162 Å². The third kappa shape index (κ3) is 4.12. The van der Waals surface area contributed by atoms with E-state index in [0.29, 0.717) is 10.9 Å². The molecule has 3 heterocycles. The summed E-state index contributed by atoms with van der Waals surface area (Å²) in [5, 5.41) is 0.661. The Hall–Kier alpha value is -2.44. The highest BCUT2D eigenvalue weighted by Crippen LogP contribution is 2.28. The smallest absolute Gasteiger partial charge is 0.250 e. The van der Waals surface area contributed by atoms with Crippen LogP contribution in [0.3, 0.4) is 0 Å². The third-order valence-electron chi connectivity index (χ3n) is 4.96. The predicted molar refractivity (Wildman–Crippen MR) is 104 cm³/mol. The van der Waals surface area contributed by atoms with Gasteiger partial charge in [0.25, 0.3) is 5.56 Å². The van der Waals surface area contributed by atoms with Crippen molar-refractivity contribution < 1.29 is 4.42 Å². The highest BCUT2D eigenvalue weighted by Gasteiger charge is 2.24. The molecule has 2 aromatic heterocycles. The van der Waals surface area contributed by atoms with Gasteiger partial charge in [0, 0.05) is 35.7 Å². The zero-order valence-electron chi connectivity index (χ0n) is 15.1. The second-order valence-corrected chi connectivity index (χ2v) is 7.38. The Kier molecular flexibility index (Phi) is 5.09. The average molecular weight is 385 g/mol. The summed E-state index contributed by atoms with van der Waals surface area (Å²) >= 11 is 6.07. The minimum atomic E-state index is -0.101. The van der Waals surface area contributed by atoms with Crippen molar-refractivity contribution in [3.8, 4) is 11.5 Å². The van der Waals surface area contributed by atoms with Crippen molar-refractivity contribution in [1.29, 1.82) is 0 Å². The van der Waals surface area contributed by atoms with Crippen LogP contribution in [0.1, 0.15) is 35.9 Å². The lowest BCUT2D eigenvalue weighted by atomic mass is 9.94. The van der Waals surface area contributed by atoms with Crippen LogP contribution in [0, 0.1) is 6.92 Å². The maximum atomic E-state index is 11.6. The number of nitrogens with zero attached hydrogens (tertiary/aromatic N) is 3. The number of hydrogen-bond donors (Lipinski definition) is 1. The number of oxazole rings is 1. The van der Waals surface area contributed by atoms with Gasteiger partial charge >= 0.3 is 0 Å². The molecule has 0 radical (unpaired) electrons. The number of rotatable bonds is 4. The van der Waals surface area contributed by atoms with Gasteiger partial charge in [-0.05, 0) is 44.5 Å². The molecule has 6 nitrogen and oxygen atoms in total. The summed E-state index contributed by atoms with van der Waals surface area (Å²) in [7, 11) is 0. The molecule has 1 aliphatic rings. The lowest BCUT2D eigenvalue weighted by molar-refractivity contribution is 0.195. The SMILES string of the molecule is Cc1oc(-c2cccc(Cl)c2)nc1CN1CCCC(c2cc(=O)[nH]cn2)C1. The van der Waals surface area contributed by atoms with Crippen molar-refractivity contribution in [2.45, 2.75) is 32.2 Å². The van der Waals surface area contributed by atoms with E-state index in [1.807, 2.05) is 31.2 Å². The number of piperidine rings is 1. The molecule has 1 aromatic carbocycles. The molecule has 0 aliphatic carbocycles. The fourth-order valence-electron chi connectivity index (χ4n) is 3.58. The van der Waals surface area contributed by atoms with Crippen LogP contribution in [0.5, 0.6) is 0 Å². The van der Waals surface area contributed by atoms with Crippen LogP contribution in [0.15, 0.2) is 45.9 Å². The molecular formula is C20H21ClN4O2. The molecule has 1 N–H and O–H groups in total. The van der Waals surface area contributed by atoms with E-state index in [1.54, 1.807) is 6.07 Å². The third-order valence-corrected chi connectivity index (χ3v) is 5.20. The monoisotopic (exact) mass is 384 g/mol. The van der Waals surface area contributed by atoms with Crippen LogP contribution in [0.4, 0.5) is 0 Å². The molecule has 0 saturated carbocycles. The standard InChI is InChI=1S/C20H21ClN4O2/c1-13-18(24-20(27-13)14-4-2-6-16(21)8-14)11-25-7-3-5-15(10-25)17-9-19(26)23-12-22-17/h2,4,6,8-9,12,15H,3,5,7,10-11H2,1H3,(H,22,23,26). The van der Waals surface area contributed by atoms with Crippen LogP contribution >= 0.6 is 11.6 Å². The van der Waals surface area contributed by atoms with E-state index < -0.39 is 0 Å². The first-order chi connectivity index (χ1) is 13.1. The minimum absolute atomic E-state index is 0.101. The molecule has 3 aromatic rings. The number of aryl methyl sites for hydroxylation is 1. The molecule has 7 heteroatoms. The largest absolute Gasteiger partial charge is 0.441 e. The second-order valence-electron chi connectivity index (χ2n) is 6.94. The number of benzene rings is 1. The molecule has 4 rings (SSSR count). The molecule has 0 spiro atoms. The number of likely N-dealkylation sites (tertiary alicyclic amines) is 1. The molecule has 140 valence electrons. The first-order valence-corrected chi connectivity index (χ1v) is 9.45. The summed E-state index contributed by atoms with van der Waals surface area (Å²) in [6, 6.07) is 9.12. The molecule has 1 fully saturated rings. The predicted octanol–water partition coefficient (Wildman–Crippen LogP) is 3.77. The summed E-state index contributed by atoms with van der Waals surface area (Å²) < 4.78 is 5.87. The lowest BCUT2D eigenvalue weighted by Crippen LogP contribution is -2.34. The van der Waals surface area contributed by atoms with Crippen molar-refractivity contribution >= 4 is 11.6 Å². The van der Waals surface area contributed by atoms with Gasteiger partial charge in [0.1, 0.15) is 5.76 Å². The van der Waals surface area contributed by atoms with E-state index in [4.69, 9.17) is 16.0 Å². The van der Waals surface area contributed by atoms with E-state index >= 15 is 0 Å². The average Bonchev–Trinajstić information content (AvgIpc) is 3.03. The summed E-state index contributed by atoms with van der Waals surface area (Å²) in [6.45, 7) is 4.51. The molecular weight excluding hydrogens is 364 g/mol. The van der Waals surface area contributed by atoms with Gasteiger partial charge in [-0.15, -0.1) is 0 Å². The number of nitrogens with one attached hydrogen (secondary N) is 1. The number of hydrogen-bond acceptors (Lipinski definition) is 5. The van der Waals surface area contributed by atoms with Gasteiger partial charge in [0.15, 0.2) is 0 Å². The highest BCUT2D eigenvalue weighted by molar-refractivity contribution is 6.30. The maximum Gasteiger partial charge on any atom is 0.250 e. The Morgan fingerprint density at radius 3 is 3.07 bits per heavy atom. The van der Waals surface area contributed by atoms with Crippen molar-refractivity contribution in [2.75, 3.05) is 13.1 Å². The summed E-state index contributed by atoms with van der Waals surface area (Å²) in [5.74, 6) is 1.68. The first kappa shape index (κ1) is 17.9. The maximum absolute atomic E-state index is 11.6. The van der Waals surface area contributed by atoms with Crippen molar-refractivity contribution in [3.05, 3.63) is 69.2 Å². The number of aromatic amines is 1. The van der Waals surface area contributed by atoms with Gasteiger partial charge in [-0.3, -0.25) is 9.69 Å². The fraction of sp³-hybridized carbons (Fsp3) is 0.350. The first-order valence-electron chi connectivity index (χ1n) is 9.08. The van der Waals surface area contributed by atoms with Crippen LogP contribution in [0.2, 0.25) is 5.02 Å². The number of aromatic nitrogens is 3. The van der Waals surface area contributed by atoms with Crippen LogP contribution in [-0.4, -0.2) is 32.9 Å². The van der Waals surface area contributed by atoms with E-state index in [2.05, 4.69) is 19.9 Å². The lowest BCUT2D eigenvalue weighted by Gasteiger charge is -2.31. The van der Waals surface area contributed by atoms with Crippen LogP contribution < -0.4 is 5.56 Å². The zero-order valence-corrected chi connectivity index (χ0v) is 15.9. The van der Waals surface area contributed by atoms with Crippen molar-refractivity contribution in [1.82, 2.24) is 19.9 Å². The van der Waals surface area contributed by atoms with Crippen molar-refractivity contribution in [2.24, 2.45) is 0 Å². The van der Waals surface area contributed by atoms with Crippen LogP contribution in [-0.2, 0) is 6.54 Å². The highest BCUT2D eigenvalue weighted by atomic mass is 35.5. The molecule has 1 unspecified atom stereocenters. The summed E-state index contributed by atoms with van der Waals surface area (Å²) in [5.41, 5.74) is 2.57.